The number of nitrogens with zero attached hydrogens (tertiary/aromatic N) is 3. The smallest absolute Gasteiger partial charge is 0.233 e. The van der Waals surface area contributed by atoms with Crippen LogP contribution in [0.4, 0.5) is 10.8 Å². The molecule has 1 N–H and O–H groups in total. The van der Waals surface area contributed by atoms with Crippen molar-refractivity contribution >= 4 is 39.8 Å². The summed E-state index contributed by atoms with van der Waals surface area (Å²) in [7, 11) is 0. The molecule has 2 atom stereocenters. The Kier molecular flexibility index (Phi) is 6.73. The van der Waals surface area contributed by atoms with E-state index < -0.39 is 0 Å². The topological polar surface area (TPSA) is 67.4 Å². The normalized spacial score (nSPS) is 20.1. The Bertz CT molecular complexity index is 753. The molecule has 8 heteroatoms. The Labute approximate surface area is 168 Å². The van der Waals surface area contributed by atoms with Gasteiger partial charge in [-0.05, 0) is 37.5 Å². The summed E-state index contributed by atoms with van der Waals surface area (Å²) in [6, 6.07) is 8.33. The third kappa shape index (κ3) is 5.67. The first-order valence-corrected chi connectivity index (χ1v) is 11.0. The Morgan fingerprint density at radius 3 is 2.56 bits per heavy atom. The Hall–Kier alpha value is -1.64. The molecule has 2 aromatic rings. The molecule has 2 heterocycles. The van der Waals surface area contributed by atoms with Gasteiger partial charge >= 0.3 is 0 Å². The first-order valence-electron chi connectivity index (χ1n) is 9.17. The average Bonchev–Trinajstić information content (AvgIpc) is 3.06. The molecule has 0 unspecified atom stereocenters. The summed E-state index contributed by atoms with van der Waals surface area (Å²) in [5, 5.41) is 12.4. The number of thioether (sulfide) groups is 1. The van der Waals surface area contributed by atoms with Crippen LogP contribution < -0.4 is 5.32 Å². The predicted octanol–water partition coefficient (Wildman–Crippen LogP) is 4.13. The van der Waals surface area contributed by atoms with Gasteiger partial charge in [0.1, 0.15) is 0 Å². The van der Waals surface area contributed by atoms with Gasteiger partial charge in [-0.1, -0.05) is 49.1 Å². The van der Waals surface area contributed by atoms with Crippen LogP contribution in [-0.2, 0) is 9.53 Å². The molecule has 0 aliphatic carbocycles. The molecular formula is C19H26N4O2S2. The van der Waals surface area contributed by atoms with Crippen molar-refractivity contribution in [3.8, 4) is 0 Å². The van der Waals surface area contributed by atoms with E-state index in [9.17, 15) is 4.79 Å². The highest BCUT2D eigenvalue weighted by Crippen LogP contribution is 2.28. The highest BCUT2D eigenvalue weighted by molar-refractivity contribution is 8.01. The van der Waals surface area contributed by atoms with Gasteiger partial charge in [-0.15, -0.1) is 10.2 Å². The Morgan fingerprint density at radius 2 is 1.93 bits per heavy atom. The van der Waals surface area contributed by atoms with E-state index in [1.165, 1.54) is 28.7 Å². The standard InChI is InChI=1S/C19H26N4O2S2/c1-12(2)15-5-7-16(8-6-15)20-18-21-22-19(27-18)26-11-17(24)23-9-13(3)25-14(4)10-23/h5-8,12-14H,9-11H2,1-4H3,(H,20,21)/t13-,14+. The Balaban J connectivity index is 1.51. The lowest BCUT2D eigenvalue weighted by molar-refractivity contribution is -0.140. The summed E-state index contributed by atoms with van der Waals surface area (Å²) in [5.74, 6) is 1.01. The van der Waals surface area contributed by atoms with Gasteiger partial charge in [0.2, 0.25) is 11.0 Å². The van der Waals surface area contributed by atoms with Gasteiger partial charge in [-0.2, -0.15) is 0 Å². The minimum Gasteiger partial charge on any atom is -0.372 e. The van der Waals surface area contributed by atoms with Crippen molar-refractivity contribution in [1.29, 1.82) is 0 Å². The average molecular weight is 407 g/mol. The minimum absolute atomic E-state index is 0.0853. The SMILES string of the molecule is CC(C)c1ccc(Nc2nnc(SCC(=O)N3C[C@@H](C)O[C@@H](C)C3)s2)cc1. The van der Waals surface area contributed by atoms with Gasteiger partial charge in [-0.25, -0.2) is 0 Å². The number of morpholine rings is 1. The van der Waals surface area contributed by atoms with E-state index in [2.05, 4.69) is 41.5 Å². The predicted molar refractivity (Wildman–Crippen MR) is 111 cm³/mol. The van der Waals surface area contributed by atoms with Crippen LogP contribution in [0.1, 0.15) is 39.2 Å². The lowest BCUT2D eigenvalue weighted by Gasteiger charge is -2.35. The van der Waals surface area contributed by atoms with Gasteiger partial charge in [-0.3, -0.25) is 4.79 Å². The molecule has 0 spiro atoms. The maximum Gasteiger partial charge on any atom is 0.233 e. The van der Waals surface area contributed by atoms with E-state index in [0.717, 1.165) is 15.2 Å². The molecule has 146 valence electrons. The van der Waals surface area contributed by atoms with Crippen molar-refractivity contribution in [2.75, 3.05) is 24.2 Å². The summed E-state index contributed by atoms with van der Waals surface area (Å²) in [6.07, 6.45) is 0.171. The summed E-state index contributed by atoms with van der Waals surface area (Å²) in [5.41, 5.74) is 2.29. The molecule has 1 aromatic heterocycles. The summed E-state index contributed by atoms with van der Waals surface area (Å²) in [4.78, 5) is 14.3. The van der Waals surface area contributed by atoms with Crippen molar-refractivity contribution in [1.82, 2.24) is 15.1 Å². The zero-order valence-corrected chi connectivity index (χ0v) is 17.8. The molecule has 0 saturated carbocycles. The maximum absolute atomic E-state index is 12.4. The largest absolute Gasteiger partial charge is 0.372 e. The number of carbonyl (C=O) groups is 1. The second kappa shape index (κ2) is 9.03. The molecule has 1 aliphatic rings. The van der Waals surface area contributed by atoms with E-state index in [0.29, 0.717) is 24.8 Å². The molecule has 6 nitrogen and oxygen atoms in total. The molecule has 1 saturated heterocycles. The number of anilines is 2. The van der Waals surface area contributed by atoms with Crippen LogP contribution in [0.2, 0.25) is 0 Å². The number of carbonyl (C=O) groups excluding carboxylic acids is 1. The number of rotatable bonds is 6. The minimum atomic E-state index is 0.0853. The number of amides is 1. The van der Waals surface area contributed by atoms with Gasteiger partial charge in [0.25, 0.3) is 0 Å². The molecule has 1 aromatic carbocycles. The molecule has 1 fully saturated rings. The highest BCUT2D eigenvalue weighted by Gasteiger charge is 2.25. The molecule has 1 amide bonds. The van der Waals surface area contributed by atoms with E-state index in [4.69, 9.17) is 4.74 Å². The molecule has 27 heavy (non-hydrogen) atoms. The van der Waals surface area contributed by atoms with Gasteiger partial charge in [0.05, 0.1) is 18.0 Å². The highest BCUT2D eigenvalue weighted by atomic mass is 32.2. The van der Waals surface area contributed by atoms with Crippen LogP contribution in [0.15, 0.2) is 28.6 Å². The quantitative estimate of drug-likeness (QED) is 0.728. The van der Waals surface area contributed by atoms with Crippen LogP contribution in [-0.4, -0.2) is 52.1 Å². The van der Waals surface area contributed by atoms with Crippen molar-refractivity contribution < 1.29 is 9.53 Å². The van der Waals surface area contributed by atoms with Crippen LogP contribution in [0.3, 0.4) is 0 Å². The number of benzene rings is 1. The fraction of sp³-hybridized carbons (Fsp3) is 0.526. The monoisotopic (exact) mass is 406 g/mol. The van der Waals surface area contributed by atoms with Crippen LogP contribution in [0.5, 0.6) is 0 Å². The Morgan fingerprint density at radius 1 is 1.26 bits per heavy atom. The van der Waals surface area contributed by atoms with Crippen molar-refractivity contribution in [3.05, 3.63) is 29.8 Å². The fourth-order valence-electron chi connectivity index (χ4n) is 2.99. The first kappa shape index (κ1) is 20.1. The molecule has 1 aliphatic heterocycles. The van der Waals surface area contributed by atoms with Crippen molar-refractivity contribution in [3.63, 3.8) is 0 Å². The van der Waals surface area contributed by atoms with Crippen LogP contribution >= 0.6 is 23.1 Å². The van der Waals surface area contributed by atoms with Gasteiger partial charge in [0.15, 0.2) is 4.34 Å². The van der Waals surface area contributed by atoms with Crippen LogP contribution in [0.25, 0.3) is 0 Å². The lowest BCUT2D eigenvalue weighted by atomic mass is 10.0. The van der Waals surface area contributed by atoms with Crippen molar-refractivity contribution in [2.45, 2.75) is 50.2 Å². The molecular weight excluding hydrogens is 380 g/mol. The zero-order chi connectivity index (χ0) is 19.4. The molecule has 3 rings (SSSR count). The third-order valence-corrected chi connectivity index (χ3v) is 6.28. The summed E-state index contributed by atoms with van der Waals surface area (Å²) < 4.78 is 6.47. The second-order valence-corrected chi connectivity index (χ2v) is 9.32. The van der Waals surface area contributed by atoms with E-state index in [1.807, 2.05) is 30.9 Å². The zero-order valence-electron chi connectivity index (χ0n) is 16.1. The summed E-state index contributed by atoms with van der Waals surface area (Å²) in [6.45, 7) is 9.66. The fourth-order valence-corrected chi connectivity index (χ4v) is 4.66. The van der Waals surface area contributed by atoms with Crippen molar-refractivity contribution in [2.24, 2.45) is 0 Å². The number of ether oxygens (including phenoxy) is 1. The van der Waals surface area contributed by atoms with Gasteiger partial charge in [0, 0.05) is 18.8 Å². The van der Waals surface area contributed by atoms with E-state index in [-0.39, 0.29) is 18.1 Å². The number of hydrogen-bond donors (Lipinski definition) is 1. The molecule has 0 radical (unpaired) electrons. The third-order valence-electron chi connectivity index (χ3n) is 4.33. The summed E-state index contributed by atoms with van der Waals surface area (Å²) >= 11 is 2.90. The van der Waals surface area contributed by atoms with Gasteiger partial charge < -0.3 is 15.0 Å². The van der Waals surface area contributed by atoms with E-state index in [1.54, 1.807) is 0 Å². The van der Waals surface area contributed by atoms with Crippen LogP contribution in [0, 0.1) is 0 Å². The second-order valence-electron chi connectivity index (χ2n) is 7.12. The maximum atomic E-state index is 12.4. The lowest BCUT2D eigenvalue weighted by Crippen LogP contribution is -2.48. The number of hydrogen-bond acceptors (Lipinski definition) is 7. The number of aromatic nitrogens is 2. The molecule has 0 bridgehead atoms. The number of nitrogens with one attached hydrogen (secondary N) is 1. The first-order chi connectivity index (χ1) is 12.9. The van der Waals surface area contributed by atoms with E-state index >= 15 is 0 Å².